The van der Waals surface area contributed by atoms with Crippen LogP contribution in [0.3, 0.4) is 0 Å². The van der Waals surface area contributed by atoms with Crippen LogP contribution >= 0.6 is 15.9 Å². The molecule has 0 N–H and O–H groups in total. The molecule has 0 bridgehead atoms. The van der Waals surface area contributed by atoms with Crippen molar-refractivity contribution in [3.63, 3.8) is 0 Å². The lowest BCUT2D eigenvalue weighted by atomic mass is 10.2. The van der Waals surface area contributed by atoms with E-state index in [1.165, 1.54) is 7.11 Å². The Morgan fingerprint density at radius 1 is 1.25 bits per heavy atom. The van der Waals surface area contributed by atoms with E-state index in [1.54, 1.807) is 18.2 Å². The summed E-state index contributed by atoms with van der Waals surface area (Å²) in [5.74, 6) is 0.148. The molecule has 100 valence electrons. The molecule has 0 fully saturated rings. The number of pyridine rings is 1. The average molecular weight is 332 g/mol. The summed E-state index contributed by atoms with van der Waals surface area (Å²) in [5.41, 5.74) is 1.63. The highest BCUT2D eigenvalue weighted by Gasteiger charge is 2.12. The van der Waals surface area contributed by atoms with Crippen LogP contribution in [0.2, 0.25) is 0 Å². The number of hydrogen-bond acceptors (Lipinski definition) is 4. The molecule has 0 saturated carbocycles. The van der Waals surface area contributed by atoms with Gasteiger partial charge in [-0.3, -0.25) is 0 Å². The number of furan rings is 1. The molecule has 0 atom stereocenters. The zero-order valence-electron chi connectivity index (χ0n) is 10.6. The van der Waals surface area contributed by atoms with Gasteiger partial charge in [0.25, 0.3) is 0 Å². The van der Waals surface area contributed by atoms with Crippen molar-refractivity contribution in [2.75, 3.05) is 7.11 Å². The van der Waals surface area contributed by atoms with Gasteiger partial charge in [0.05, 0.1) is 7.11 Å². The van der Waals surface area contributed by atoms with E-state index in [2.05, 4.69) is 25.7 Å². The van der Waals surface area contributed by atoms with Gasteiger partial charge in [-0.1, -0.05) is 22.0 Å². The fraction of sp³-hybridized carbons (Fsp3) is 0.0667. The Bertz CT molecular complexity index is 795. The van der Waals surface area contributed by atoms with Crippen LogP contribution in [0.25, 0.3) is 22.4 Å². The molecule has 0 spiro atoms. The van der Waals surface area contributed by atoms with Gasteiger partial charge in [0.15, 0.2) is 5.76 Å². The predicted octanol–water partition coefficient (Wildman–Crippen LogP) is 4.04. The lowest BCUT2D eigenvalue weighted by molar-refractivity contribution is 0.0594. The van der Waals surface area contributed by atoms with Crippen molar-refractivity contribution in [2.45, 2.75) is 0 Å². The third kappa shape index (κ3) is 2.32. The van der Waals surface area contributed by atoms with Crippen molar-refractivity contribution in [3.8, 4) is 11.5 Å². The summed E-state index contributed by atoms with van der Waals surface area (Å²) in [5, 5.41) is 0.972. The van der Waals surface area contributed by atoms with E-state index < -0.39 is 5.97 Å². The van der Waals surface area contributed by atoms with Crippen molar-refractivity contribution in [1.82, 2.24) is 4.98 Å². The van der Waals surface area contributed by atoms with Crippen LogP contribution in [0, 0.1) is 0 Å². The zero-order valence-corrected chi connectivity index (χ0v) is 12.2. The largest absolute Gasteiger partial charge is 0.464 e. The summed E-state index contributed by atoms with van der Waals surface area (Å²) in [7, 11) is 1.33. The Hall–Kier alpha value is -2.14. The van der Waals surface area contributed by atoms with Gasteiger partial charge < -0.3 is 9.15 Å². The van der Waals surface area contributed by atoms with Crippen LogP contribution in [0.5, 0.6) is 0 Å². The quantitative estimate of drug-likeness (QED) is 0.665. The third-order valence-electron chi connectivity index (χ3n) is 2.87. The van der Waals surface area contributed by atoms with Crippen molar-refractivity contribution in [2.24, 2.45) is 0 Å². The molecule has 0 unspecified atom stereocenters. The number of hydrogen-bond donors (Lipinski definition) is 0. The molecule has 2 heterocycles. The lowest BCUT2D eigenvalue weighted by Gasteiger charge is -2.00. The van der Waals surface area contributed by atoms with Gasteiger partial charge in [0.2, 0.25) is 0 Å². The predicted molar refractivity (Wildman–Crippen MR) is 78.5 cm³/mol. The van der Waals surface area contributed by atoms with Crippen molar-refractivity contribution in [1.29, 1.82) is 0 Å². The van der Waals surface area contributed by atoms with Crippen LogP contribution in [0.15, 0.2) is 51.4 Å². The first kappa shape index (κ1) is 12.9. The number of rotatable bonds is 2. The first-order valence-electron chi connectivity index (χ1n) is 5.92. The average Bonchev–Trinajstić information content (AvgIpc) is 2.89. The Morgan fingerprint density at radius 2 is 2.10 bits per heavy atom. The molecule has 0 saturated heterocycles. The van der Waals surface area contributed by atoms with Gasteiger partial charge in [-0.2, -0.15) is 0 Å². The fourth-order valence-corrected chi connectivity index (χ4v) is 2.31. The Labute approximate surface area is 123 Å². The molecule has 3 aromatic rings. The number of halogens is 1. The van der Waals surface area contributed by atoms with Crippen molar-refractivity contribution >= 4 is 32.9 Å². The van der Waals surface area contributed by atoms with Gasteiger partial charge in [-0.25, -0.2) is 9.78 Å². The molecule has 2 aromatic heterocycles. The number of carbonyl (C=O) groups is 1. The first-order valence-corrected chi connectivity index (χ1v) is 6.71. The van der Waals surface area contributed by atoms with E-state index in [-0.39, 0.29) is 5.69 Å². The second-order valence-electron chi connectivity index (χ2n) is 4.19. The number of fused-ring (bicyclic) bond motifs is 1. The van der Waals surface area contributed by atoms with E-state index in [4.69, 9.17) is 4.42 Å². The smallest absolute Gasteiger partial charge is 0.356 e. The second-order valence-corrected chi connectivity index (χ2v) is 5.11. The van der Waals surface area contributed by atoms with Gasteiger partial charge in [0, 0.05) is 9.86 Å². The molecule has 0 radical (unpaired) electrons. The lowest BCUT2D eigenvalue weighted by Crippen LogP contribution is -2.04. The van der Waals surface area contributed by atoms with E-state index in [0.29, 0.717) is 11.5 Å². The van der Waals surface area contributed by atoms with Gasteiger partial charge in [0.1, 0.15) is 17.0 Å². The van der Waals surface area contributed by atoms with Crippen molar-refractivity contribution < 1.29 is 13.9 Å². The Morgan fingerprint density at radius 3 is 2.90 bits per heavy atom. The summed E-state index contributed by atoms with van der Waals surface area (Å²) in [6.45, 7) is 0. The van der Waals surface area contributed by atoms with E-state index in [0.717, 1.165) is 15.4 Å². The molecular weight excluding hydrogens is 322 g/mol. The zero-order chi connectivity index (χ0) is 14.1. The number of nitrogens with zero attached hydrogens (tertiary/aromatic N) is 1. The summed E-state index contributed by atoms with van der Waals surface area (Å²) in [6.07, 6.45) is 0. The highest BCUT2D eigenvalue weighted by molar-refractivity contribution is 9.10. The maximum absolute atomic E-state index is 11.5. The van der Waals surface area contributed by atoms with Gasteiger partial charge in [-0.05, 0) is 36.4 Å². The maximum atomic E-state index is 11.5. The van der Waals surface area contributed by atoms with Gasteiger partial charge in [-0.15, -0.1) is 0 Å². The van der Waals surface area contributed by atoms with Crippen LogP contribution in [0.1, 0.15) is 10.5 Å². The number of carbonyl (C=O) groups excluding carboxylic acids is 1. The number of benzene rings is 1. The van der Waals surface area contributed by atoms with Crippen molar-refractivity contribution in [3.05, 3.63) is 52.6 Å². The summed E-state index contributed by atoms with van der Waals surface area (Å²) >= 11 is 3.42. The van der Waals surface area contributed by atoms with Crippen LogP contribution in [-0.2, 0) is 4.74 Å². The van der Waals surface area contributed by atoms with E-state index in [9.17, 15) is 4.79 Å². The van der Waals surface area contributed by atoms with Crippen LogP contribution in [-0.4, -0.2) is 18.1 Å². The number of aromatic nitrogens is 1. The molecule has 3 rings (SSSR count). The molecular formula is C15H10BrNO3. The molecule has 0 aliphatic carbocycles. The monoisotopic (exact) mass is 331 g/mol. The molecule has 1 aromatic carbocycles. The minimum absolute atomic E-state index is 0.256. The van der Waals surface area contributed by atoms with Crippen LogP contribution in [0.4, 0.5) is 0 Å². The standard InChI is InChI=1S/C15H10BrNO3/c1-19-15(18)12-4-2-3-11(17-12)14-8-9-7-10(16)5-6-13(9)20-14/h2-8H,1H3. The minimum atomic E-state index is -0.467. The first-order chi connectivity index (χ1) is 9.67. The third-order valence-corrected chi connectivity index (χ3v) is 3.37. The highest BCUT2D eigenvalue weighted by atomic mass is 79.9. The number of methoxy groups -OCH3 is 1. The van der Waals surface area contributed by atoms with Crippen LogP contribution < -0.4 is 0 Å². The summed E-state index contributed by atoms with van der Waals surface area (Å²) < 4.78 is 11.4. The number of esters is 1. The van der Waals surface area contributed by atoms with E-state index >= 15 is 0 Å². The highest BCUT2D eigenvalue weighted by Crippen LogP contribution is 2.28. The van der Waals surface area contributed by atoms with Gasteiger partial charge >= 0.3 is 5.97 Å². The van der Waals surface area contributed by atoms with E-state index in [1.807, 2.05) is 24.3 Å². The molecule has 4 nitrogen and oxygen atoms in total. The Kier molecular flexibility index (Phi) is 3.28. The summed E-state index contributed by atoms with van der Waals surface area (Å²) in [6, 6.07) is 12.8. The Balaban J connectivity index is 2.08. The number of ether oxygens (including phenoxy) is 1. The SMILES string of the molecule is COC(=O)c1cccc(-c2cc3cc(Br)ccc3o2)n1. The second kappa shape index (κ2) is 5.09. The normalized spacial score (nSPS) is 10.7. The minimum Gasteiger partial charge on any atom is -0.464 e. The fourth-order valence-electron chi connectivity index (χ4n) is 1.93. The molecule has 20 heavy (non-hydrogen) atoms. The molecule has 0 amide bonds. The maximum Gasteiger partial charge on any atom is 0.356 e. The molecule has 0 aliphatic heterocycles. The topological polar surface area (TPSA) is 52.3 Å². The summed E-state index contributed by atoms with van der Waals surface area (Å²) in [4.78, 5) is 15.7. The molecule has 0 aliphatic rings. The molecule has 5 heteroatoms.